The highest BCUT2D eigenvalue weighted by Crippen LogP contribution is 2.30. The molecule has 0 spiro atoms. The molecule has 2 unspecified atom stereocenters. The van der Waals surface area contributed by atoms with Gasteiger partial charge in [0.15, 0.2) is 0 Å². The maximum Gasteiger partial charge on any atom is 0.234 e. The molecular formula is C26H35Cl2N5O3. The minimum absolute atomic E-state index is 0.0638. The molecule has 8 nitrogen and oxygen atoms in total. The molecule has 2 aromatic rings. The summed E-state index contributed by atoms with van der Waals surface area (Å²) in [4.78, 5) is 29.2. The summed E-state index contributed by atoms with van der Waals surface area (Å²) in [6.07, 6.45) is 0.0783. The largest absolute Gasteiger partial charge is 0.377 e. The van der Waals surface area contributed by atoms with Crippen LogP contribution in [-0.4, -0.2) is 62.1 Å². The third kappa shape index (κ3) is 6.89. The Morgan fingerprint density at radius 1 is 1.08 bits per heavy atom. The van der Waals surface area contributed by atoms with Gasteiger partial charge in [-0.1, -0.05) is 41.4 Å². The van der Waals surface area contributed by atoms with Crippen LogP contribution in [0.5, 0.6) is 0 Å². The van der Waals surface area contributed by atoms with E-state index in [1.165, 1.54) is 0 Å². The van der Waals surface area contributed by atoms with Gasteiger partial charge in [-0.15, -0.1) is 0 Å². The van der Waals surface area contributed by atoms with Gasteiger partial charge in [-0.25, -0.2) is 0 Å². The molecular weight excluding hydrogens is 501 g/mol. The summed E-state index contributed by atoms with van der Waals surface area (Å²) in [7, 11) is 1.66. The molecule has 1 aliphatic rings. The molecule has 1 heterocycles. The lowest BCUT2D eigenvalue weighted by molar-refractivity contribution is -0.132. The first-order valence-corrected chi connectivity index (χ1v) is 12.7. The van der Waals surface area contributed by atoms with Crippen molar-refractivity contribution in [2.45, 2.75) is 38.0 Å². The number of amides is 2. The fourth-order valence-corrected chi connectivity index (χ4v) is 4.75. The van der Waals surface area contributed by atoms with E-state index in [9.17, 15) is 9.59 Å². The highest BCUT2D eigenvalue weighted by Gasteiger charge is 2.28. The van der Waals surface area contributed by atoms with Crippen molar-refractivity contribution in [3.05, 3.63) is 63.6 Å². The number of ether oxygens (including phenoxy) is 1. The molecule has 0 saturated carbocycles. The zero-order valence-corrected chi connectivity index (χ0v) is 22.5. The maximum atomic E-state index is 13.1. The first-order chi connectivity index (χ1) is 17.1. The summed E-state index contributed by atoms with van der Waals surface area (Å²) >= 11 is 12.4. The number of carbonyl (C=O) groups excluding carboxylic acids is 2. The van der Waals surface area contributed by atoms with E-state index in [-0.39, 0.29) is 30.8 Å². The number of hydrogen-bond donors (Lipinski definition) is 3. The van der Waals surface area contributed by atoms with Crippen molar-refractivity contribution in [2.75, 3.05) is 44.7 Å². The van der Waals surface area contributed by atoms with Crippen LogP contribution < -0.4 is 21.7 Å². The van der Waals surface area contributed by atoms with Crippen LogP contribution in [0.25, 0.3) is 0 Å². The highest BCUT2D eigenvalue weighted by molar-refractivity contribution is 6.35. The molecule has 2 atom stereocenters. The average Bonchev–Trinajstić information content (AvgIpc) is 2.88. The lowest BCUT2D eigenvalue weighted by Crippen LogP contribution is -2.49. The van der Waals surface area contributed by atoms with Crippen LogP contribution in [0.1, 0.15) is 43.5 Å². The molecule has 0 aliphatic carbocycles. The Morgan fingerprint density at radius 3 is 2.28 bits per heavy atom. The van der Waals surface area contributed by atoms with Crippen molar-refractivity contribution in [1.82, 2.24) is 10.2 Å². The predicted octanol–water partition coefficient (Wildman–Crippen LogP) is 3.27. The zero-order valence-electron chi connectivity index (χ0n) is 21.0. The van der Waals surface area contributed by atoms with Gasteiger partial charge >= 0.3 is 0 Å². The maximum absolute atomic E-state index is 13.1. The number of halogens is 2. The number of carbonyl (C=O) groups is 2. The number of nitrogens with zero attached hydrogens (tertiary/aromatic N) is 2. The van der Waals surface area contributed by atoms with E-state index >= 15 is 0 Å². The summed E-state index contributed by atoms with van der Waals surface area (Å²) in [5.41, 5.74) is 14.1. The molecule has 3 rings (SSSR count). The standard InChI is InChI=1S/C26H35Cl2N5O3/c1-26(2,36-3)25(30)17-4-7-19(8-5-17)32-10-12-33(13-11-32)24(35)15-22(31-23(34)16-29)20-9-6-18(27)14-21(20)28/h4-9,14,22,25H,10-13,15-16,29-30H2,1-3H3,(H,31,34). The topological polar surface area (TPSA) is 114 Å². The second kappa shape index (κ2) is 12.3. The molecule has 36 heavy (non-hydrogen) atoms. The molecule has 10 heteroatoms. The van der Waals surface area contributed by atoms with Crippen molar-refractivity contribution in [2.24, 2.45) is 11.5 Å². The molecule has 0 aromatic heterocycles. The van der Waals surface area contributed by atoms with E-state index in [2.05, 4.69) is 22.3 Å². The van der Waals surface area contributed by atoms with Gasteiger partial charge in [-0.3, -0.25) is 9.59 Å². The molecule has 0 radical (unpaired) electrons. The fourth-order valence-electron chi connectivity index (χ4n) is 4.21. The van der Waals surface area contributed by atoms with Crippen LogP contribution in [0, 0.1) is 0 Å². The molecule has 0 bridgehead atoms. The third-order valence-electron chi connectivity index (χ3n) is 6.76. The third-order valence-corrected chi connectivity index (χ3v) is 7.32. The minimum Gasteiger partial charge on any atom is -0.377 e. The van der Waals surface area contributed by atoms with E-state index in [0.717, 1.165) is 11.3 Å². The van der Waals surface area contributed by atoms with Crippen molar-refractivity contribution < 1.29 is 14.3 Å². The smallest absolute Gasteiger partial charge is 0.234 e. The van der Waals surface area contributed by atoms with E-state index in [4.69, 9.17) is 39.4 Å². The second-order valence-electron chi connectivity index (χ2n) is 9.44. The van der Waals surface area contributed by atoms with Gasteiger partial charge in [0, 0.05) is 49.0 Å². The normalized spacial score (nSPS) is 16.0. The van der Waals surface area contributed by atoms with E-state index < -0.39 is 11.6 Å². The molecule has 196 valence electrons. The number of benzene rings is 2. The Balaban J connectivity index is 1.62. The quantitative estimate of drug-likeness (QED) is 0.454. The first-order valence-electron chi connectivity index (χ1n) is 11.9. The summed E-state index contributed by atoms with van der Waals surface area (Å²) in [6, 6.07) is 12.3. The van der Waals surface area contributed by atoms with Gasteiger partial charge < -0.3 is 31.3 Å². The van der Waals surface area contributed by atoms with Crippen molar-refractivity contribution in [3.63, 3.8) is 0 Å². The van der Waals surface area contributed by atoms with Gasteiger partial charge in [0.1, 0.15) is 0 Å². The van der Waals surface area contributed by atoms with Gasteiger partial charge in [-0.05, 0) is 49.2 Å². The number of nitrogens with one attached hydrogen (secondary N) is 1. The minimum atomic E-state index is -0.593. The Labute approximate surface area is 222 Å². The summed E-state index contributed by atoms with van der Waals surface area (Å²) < 4.78 is 5.51. The number of nitrogens with two attached hydrogens (primary N) is 2. The molecule has 1 aliphatic heterocycles. The zero-order chi connectivity index (χ0) is 26.5. The summed E-state index contributed by atoms with van der Waals surface area (Å²) in [6.45, 7) is 6.29. The number of hydrogen-bond acceptors (Lipinski definition) is 6. The number of anilines is 1. The van der Waals surface area contributed by atoms with E-state index in [0.29, 0.717) is 41.8 Å². The van der Waals surface area contributed by atoms with Crippen LogP contribution in [0.3, 0.4) is 0 Å². The van der Waals surface area contributed by atoms with Gasteiger partial charge in [0.2, 0.25) is 11.8 Å². The van der Waals surface area contributed by atoms with Crippen LogP contribution in [0.4, 0.5) is 5.69 Å². The summed E-state index contributed by atoms with van der Waals surface area (Å²) in [5, 5.41) is 3.68. The lowest BCUT2D eigenvalue weighted by Gasteiger charge is -2.37. The number of rotatable bonds is 9. The Morgan fingerprint density at radius 2 is 1.72 bits per heavy atom. The van der Waals surface area contributed by atoms with Crippen molar-refractivity contribution >= 4 is 40.7 Å². The van der Waals surface area contributed by atoms with E-state index in [1.807, 2.05) is 30.9 Å². The van der Waals surface area contributed by atoms with Gasteiger partial charge in [0.05, 0.1) is 30.7 Å². The Kier molecular flexibility index (Phi) is 9.60. The SMILES string of the molecule is COC(C)(C)C(N)c1ccc(N2CCN(C(=O)CC(NC(=O)CN)c3ccc(Cl)cc3Cl)CC2)cc1. The van der Waals surface area contributed by atoms with Crippen LogP contribution in [-0.2, 0) is 14.3 Å². The van der Waals surface area contributed by atoms with Crippen LogP contribution >= 0.6 is 23.2 Å². The highest BCUT2D eigenvalue weighted by atomic mass is 35.5. The first kappa shape index (κ1) is 28.2. The van der Waals surface area contributed by atoms with Gasteiger partial charge in [-0.2, -0.15) is 0 Å². The monoisotopic (exact) mass is 535 g/mol. The van der Waals surface area contributed by atoms with Crippen LogP contribution in [0.2, 0.25) is 10.0 Å². The van der Waals surface area contributed by atoms with Gasteiger partial charge in [0.25, 0.3) is 0 Å². The summed E-state index contributed by atoms with van der Waals surface area (Å²) in [5.74, 6) is -0.424. The Hall–Kier alpha value is -2.36. The lowest BCUT2D eigenvalue weighted by atomic mass is 9.92. The fraction of sp³-hybridized carbons (Fsp3) is 0.462. The average molecular weight is 537 g/mol. The van der Waals surface area contributed by atoms with Crippen LogP contribution in [0.15, 0.2) is 42.5 Å². The molecule has 1 saturated heterocycles. The number of piperazine rings is 1. The van der Waals surface area contributed by atoms with E-state index in [1.54, 1.807) is 25.3 Å². The Bertz CT molecular complexity index is 1060. The number of methoxy groups -OCH3 is 1. The molecule has 2 aromatic carbocycles. The van der Waals surface area contributed by atoms with Crippen molar-refractivity contribution in [1.29, 1.82) is 0 Å². The molecule has 2 amide bonds. The molecule has 5 N–H and O–H groups in total. The predicted molar refractivity (Wildman–Crippen MR) is 144 cm³/mol. The van der Waals surface area contributed by atoms with Crippen molar-refractivity contribution in [3.8, 4) is 0 Å². The second-order valence-corrected chi connectivity index (χ2v) is 10.3. The molecule has 1 fully saturated rings.